The van der Waals surface area contributed by atoms with Crippen LogP contribution in [0.25, 0.3) is 0 Å². The first-order valence-corrected chi connectivity index (χ1v) is 9.11. The normalized spacial score (nSPS) is 10.2. The Bertz CT molecular complexity index is 762. The minimum atomic E-state index is -0.557. The first-order valence-electron chi connectivity index (χ1n) is 8.31. The minimum Gasteiger partial charge on any atom is -0.490 e. The van der Waals surface area contributed by atoms with Gasteiger partial charge >= 0.3 is 0 Å². The highest BCUT2D eigenvalue weighted by Gasteiger charge is 2.13. The van der Waals surface area contributed by atoms with Crippen molar-refractivity contribution < 1.29 is 18.7 Å². The second-order valence-electron chi connectivity index (χ2n) is 5.61. The Hall–Kier alpha value is -1.83. The molecule has 0 aliphatic carbocycles. The fourth-order valence-electron chi connectivity index (χ4n) is 2.43. The van der Waals surface area contributed by atoms with Crippen LogP contribution in [0, 0.1) is 5.82 Å². The Labute approximate surface area is 173 Å². The third-order valence-corrected chi connectivity index (χ3v) is 4.18. The monoisotopic (exact) mass is 460 g/mol. The molecule has 0 unspecified atom stereocenters. The number of hydrogen-bond acceptors (Lipinski definition) is 4. The number of amides is 1. The highest BCUT2D eigenvalue weighted by Crippen LogP contribution is 2.36. The Morgan fingerprint density at radius 1 is 1.26 bits per heavy atom. The van der Waals surface area contributed by atoms with Crippen molar-refractivity contribution in [1.82, 2.24) is 5.32 Å². The van der Waals surface area contributed by atoms with Crippen LogP contribution in [-0.2, 0) is 17.8 Å². The SMILES string of the molecule is CCOc1cc(CNCCc2ccccc2F)cc(Br)c1OCC(N)=O.Cl. The van der Waals surface area contributed by atoms with Gasteiger partial charge in [0, 0.05) is 6.54 Å². The van der Waals surface area contributed by atoms with Gasteiger partial charge in [0.15, 0.2) is 18.1 Å². The van der Waals surface area contributed by atoms with Crippen LogP contribution in [-0.4, -0.2) is 25.7 Å². The van der Waals surface area contributed by atoms with Crippen molar-refractivity contribution in [3.05, 3.63) is 57.8 Å². The van der Waals surface area contributed by atoms with Crippen LogP contribution in [0.3, 0.4) is 0 Å². The molecule has 0 heterocycles. The molecule has 5 nitrogen and oxygen atoms in total. The van der Waals surface area contributed by atoms with Crippen molar-refractivity contribution in [3.63, 3.8) is 0 Å². The maximum Gasteiger partial charge on any atom is 0.255 e. The molecule has 2 aromatic rings. The van der Waals surface area contributed by atoms with E-state index in [9.17, 15) is 9.18 Å². The summed E-state index contributed by atoms with van der Waals surface area (Å²) in [6.07, 6.45) is 0.603. The van der Waals surface area contributed by atoms with Gasteiger partial charge in [0.2, 0.25) is 0 Å². The summed E-state index contributed by atoms with van der Waals surface area (Å²) in [5.74, 6) is 0.236. The van der Waals surface area contributed by atoms with Crippen molar-refractivity contribution in [2.24, 2.45) is 5.73 Å². The van der Waals surface area contributed by atoms with Crippen LogP contribution >= 0.6 is 28.3 Å². The van der Waals surface area contributed by atoms with Crippen LogP contribution < -0.4 is 20.5 Å². The quantitative estimate of drug-likeness (QED) is 0.530. The van der Waals surface area contributed by atoms with E-state index < -0.39 is 5.91 Å². The standard InChI is InChI=1S/C19H22BrFN2O3.ClH/c1-2-25-17-10-13(9-15(20)19(17)26-12-18(22)24)11-23-8-7-14-5-3-4-6-16(14)21;/h3-6,9-10,23H,2,7-8,11-12H2,1H3,(H2,22,24);1H. The Kier molecular flexibility index (Phi) is 10.1. The van der Waals surface area contributed by atoms with Crippen LogP contribution in [0.15, 0.2) is 40.9 Å². The maximum atomic E-state index is 13.6. The average Bonchev–Trinajstić information content (AvgIpc) is 2.59. The number of hydrogen-bond donors (Lipinski definition) is 2. The van der Waals surface area contributed by atoms with Crippen molar-refractivity contribution in [2.75, 3.05) is 19.8 Å². The minimum absolute atomic E-state index is 0. The molecule has 0 radical (unpaired) electrons. The van der Waals surface area contributed by atoms with Gasteiger partial charge in [-0.05, 0) is 65.1 Å². The van der Waals surface area contributed by atoms with Gasteiger partial charge in [-0.2, -0.15) is 0 Å². The lowest BCUT2D eigenvalue weighted by molar-refractivity contribution is -0.119. The van der Waals surface area contributed by atoms with E-state index >= 15 is 0 Å². The molecule has 0 atom stereocenters. The lowest BCUT2D eigenvalue weighted by Gasteiger charge is -2.15. The number of rotatable bonds is 10. The molecule has 27 heavy (non-hydrogen) atoms. The van der Waals surface area contributed by atoms with Crippen LogP contribution in [0.5, 0.6) is 11.5 Å². The number of carbonyl (C=O) groups excluding carboxylic acids is 1. The fraction of sp³-hybridized carbons (Fsp3) is 0.316. The van der Waals surface area contributed by atoms with Crippen molar-refractivity contribution in [1.29, 1.82) is 0 Å². The van der Waals surface area contributed by atoms with Gasteiger partial charge in [0.05, 0.1) is 11.1 Å². The number of benzene rings is 2. The number of halogens is 3. The zero-order chi connectivity index (χ0) is 18.9. The molecule has 0 aromatic heterocycles. The first-order chi connectivity index (χ1) is 12.5. The lowest BCUT2D eigenvalue weighted by Crippen LogP contribution is -2.20. The molecule has 0 aliphatic heterocycles. The molecule has 2 aromatic carbocycles. The van der Waals surface area contributed by atoms with E-state index in [0.29, 0.717) is 47.7 Å². The van der Waals surface area contributed by atoms with E-state index in [1.54, 1.807) is 12.1 Å². The Morgan fingerprint density at radius 3 is 2.67 bits per heavy atom. The van der Waals surface area contributed by atoms with Crippen LogP contribution in [0.1, 0.15) is 18.1 Å². The third-order valence-electron chi connectivity index (χ3n) is 3.59. The number of ether oxygens (including phenoxy) is 2. The Morgan fingerprint density at radius 2 is 2.00 bits per heavy atom. The van der Waals surface area contributed by atoms with Crippen LogP contribution in [0.4, 0.5) is 4.39 Å². The van der Waals surface area contributed by atoms with E-state index in [1.807, 2.05) is 25.1 Å². The summed E-state index contributed by atoms with van der Waals surface area (Å²) >= 11 is 3.44. The number of nitrogens with one attached hydrogen (secondary N) is 1. The smallest absolute Gasteiger partial charge is 0.255 e. The van der Waals surface area contributed by atoms with E-state index in [2.05, 4.69) is 21.2 Å². The average molecular weight is 462 g/mol. The molecule has 0 spiro atoms. The summed E-state index contributed by atoms with van der Waals surface area (Å²) in [7, 11) is 0. The molecular formula is C19H23BrClFN2O3. The zero-order valence-electron chi connectivity index (χ0n) is 15.0. The van der Waals surface area contributed by atoms with E-state index in [0.717, 1.165) is 5.56 Å². The lowest BCUT2D eigenvalue weighted by atomic mass is 10.1. The molecule has 0 saturated heterocycles. The van der Waals surface area contributed by atoms with Gasteiger partial charge in [0.25, 0.3) is 5.91 Å². The third kappa shape index (κ3) is 7.36. The van der Waals surface area contributed by atoms with Gasteiger partial charge < -0.3 is 20.5 Å². The summed E-state index contributed by atoms with van der Waals surface area (Å²) in [6.45, 7) is 3.33. The predicted octanol–water partition coefficient (Wildman–Crippen LogP) is 3.61. The summed E-state index contributed by atoms with van der Waals surface area (Å²) in [5, 5.41) is 3.29. The molecule has 0 aliphatic rings. The molecule has 0 fully saturated rings. The van der Waals surface area contributed by atoms with Crippen LogP contribution in [0.2, 0.25) is 0 Å². The fourth-order valence-corrected chi connectivity index (χ4v) is 3.03. The molecule has 3 N–H and O–H groups in total. The first kappa shape index (κ1) is 23.2. The molecule has 2 rings (SSSR count). The van der Waals surface area contributed by atoms with E-state index in [4.69, 9.17) is 15.2 Å². The van der Waals surface area contributed by atoms with E-state index in [-0.39, 0.29) is 24.8 Å². The second-order valence-corrected chi connectivity index (χ2v) is 6.47. The predicted molar refractivity (Wildman–Crippen MR) is 109 cm³/mol. The molecule has 8 heteroatoms. The number of carbonyl (C=O) groups is 1. The Balaban J connectivity index is 0.00000364. The molecule has 0 bridgehead atoms. The van der Waals surface area contributed by atoms with Gasteiger partial charge in [-0.1, -0.05) is 18.2 Å². The zero-order valence-corrected chi connectivity index (χ0v) is 17.4. The second kappa shape index (κ2) is 11.8. The van der Waals surface area contributed by atoms with Crippen molar-refractivity contribution in [3.8, 4) is 11.5 Å². The maximum absolute atomic E-state index is 13.6. The molecule has 0 saturated carbocycles. The van der Waals surface area contributed by atoms with E-state index in [1.165, 1.54) is 6.07 Å². The molecule has 1 amide bonds. The highest BCUT2D eigenvalue weighted by atomic mass is 79.9. The van der Waals surface area contributed by atoms with Gasteiger partial charge in [-0.3, -0.25) is 4.79 Å². The largest absolute Gasteiger partial charge is 0.490 e. The number of nitrogens with two attached hydrogens (primary N) is 1. The van der Waals surface area contributed by atoms with Gasteiger partial charge in [-0.25, -0.2) is 4.39 Å². The molecular weight excluding hydrogens is 439 g/mol. The summed E-state index contributed by atoms with van der Waals surface area (Å²) < 4.78 is 25.3. The van der Waals surface area contributed by atoms with Gasteiger partial charge in [0.1, 0.15) is 5.82 Å². The summed E-state index contributed by atoms with van der Waals surface area (Å²) in [4.78, 5) is 10.9. The topological polar surface area (TPSA) is 73.6 Å². The van der Waals surface area contributed by atoms with Gasteiger partial charge in [-0.15, -0.1) is 12.4 Å². The summed E-state index contributed by atoms with van der Waals surface area (Å²) in [6, 6.07) is 10.5. The summed E-state index contributed by atoms with van der Waals surface area (Å²) in [5.41, 5.74) is 6.79. The highest BCUT2D eigenvalue weighted by molar-refractivity contribution is 9.10. The molecule has 148 valence electrons. The van der Waals surface area contributed by atoms with Crippen molar-refractivity contribution in [2.45, 2.75) is 19.9 Å². The number of primary amides is 1. The van der Waals surface area contributed by atoms with Crippen molar-refractivity contribution >= 4 is 34.2 Å².